The molecule has 0 bridgehead atoms. The molecule has 58 heavy (non-hydrogen) atoms. The molecule has 2 fully saturated rings. The molecule has 1 N–H and O–H groups in total. The number of methoxy groups -OCH3 is 1. The van der Waals surface area contributed by atoms with Gasteiger partial charge in [0.05, 0.1) is 19.3 Å². The van der Waals surface area contributed by atoms with Crippen molar-refractivity contribution in [2.75, 3.05) is 7.11 Å². The van der Waals surface area contributed by atoms with Crippen LogP contribution in [0.15, 0.2) is 11.6 Å². The summed E-state index contributed by atoms with van der Waals surface area (Å²) in [6, 6.07) is 0. The zero-order valence-electron chi connectivity index (χ0n) is 37.2. The topological polar surface area (TPSA) is 187 Å². The summed E-state index contributed by atoms with van der Waals surface area (Å²) in [6.45, 7) is 21.0. The second-order valence-corrected chi connectivity index (χ2v) is 17.7. The summed E-state index contributed by atoms with van der Waals surface area (Å²) in [7, 11) is 1.26. The van der Waals surface area contributed by atoms with Crippen LogP contribution in [0.5, 0.6) is 0 Å². The Kier molecular flexibility index (Phi) is 20.5. The minimum absolute atomic E-state index is 0.00378. The molecule has 0 aromatic heterocycles. The third-order valence-corrected chi connectivity index (χ3v) is 10.8. The number of hydrogen-bond acceptors (Lipinski definition) is 14. The van der Waals surface area contributed by atoms with E-state index in [9.17, 15) is 33.9 Å². The van der Waals surface area contributed by atoms with Gasteiger partial charge in [-0.05, 0) is 62.7 Å². The second kappa shape index (κ2) is 23.4. The summed E-state index contributed by atoms with van der Waals surface area (Å²) < 4.78 is 42.5. The molecule has 14 heteroatoms. The number of carbonyl (C=O) groups excluding carboxylic acids is 6. The Morgan fingerprint density at radius 2 is 1.28 bits per heavy atom. The summed E-state index contributed by atoms with van der Waals surface area (Å²) in [5.74, 6) is -5.58. The fraction of sp³-hybridized carbons (Fsp3) is 0.818. The van der Waals surface area contributed by atoms with Crippen LogP contribution in [0.25, 0.3) is 0 Å². The molecule has 1 spiro atoms. The number of rotatable bonds is 21. The van der Waals surface area contributed by atoms with Gasteiger partial charge in [0, 0.05) is 56.9 Å². The molecule has 0 aromatic carbocycles. The summed E-state index contributed by atoms with van der Waals surface area (Å²) >= 11 is 0. The normalized spacial score (nSPS) is 26.1. The molecule has 0 aliphatic carbocycles. The van der Waals surface area contributed by atoms with Crippen molar-refractivity contribution in [1.82, 2.24) is 0 Å². The van der Waals surface area contributed by atoms with E-state index in [0.717, 1.165) is 0 Å². The molecule has 2 aliphatic rings. The maximum absolute atomic E-state index is 13.5. The van der Waals surface area contributed by atoms with Crippen LogP contribution < -0.4 is 0 Å². The van der Waals surface area contributed by atoms with Crippen LogP contribution in [0, 0.1) is 35.5 Å². The molecule has 0 aromatic rings. The number of Topliss-reactive ketones (excluding diaryl/α,β-unsaturated/α-hetero) is 1. The van der Waals surface area contributed by atoms with Gasteiger partial charge in [-0.1, -0.05) is 68.4 Å². The maximum Gasteiger partial charge on any atom is 0.333 e. The highest BCUT2D eigenvalue weighted by molar-refractivity contribution is 5.87. The largest absolute Gasteiger partial charge is 0.466 e. The van der Waals surface area contributed by atoms with E-state index >= 15 is 0 Å². The molecule has 2 heterocycles. The van der Waals surface area contributed by atoms with E-state index in [0.29, 0.717) is 25.7 Å². The number of carbonyl (C=O) groups is 6. The maximum atomic E-state index is 13.5. The van der Waals surface area contributed by atoms with E-state index in [4.69, 9.17) is 33.2 Å². The molecule has 0 saturated carbocycles. The van der Waals surface area contributed by atoms with E-state index in [1.54, 1.807) is 26.8 Å². The Morgan fingerprint density at radius 1 is 0.759 bits per heavy atom. The van der Waals surface area contributed by atoms with Gasteiger partial charge < -0.3 is 38.3 Å². The van der Waals surface area contributed by atoms with Crippen LogP contribution in [0.2, 0.25) is 0 Å². The Morgan fingerprint density at radius 3 is 1.78 bits per heavy atom. The van der Waals surface area contributed by atoms with E-state index in [2.05, 4.69) is 6.92 Å². The second-order valence-electron chi connectivity index (χ2n) is 17.7. The lowest BCUT2D eigenvalue weighted by atomic mass is 9.79. The number of ketones is 1. The van der Waals surface area contributed by atoms with E-state index < -0.39 is 96.0 Å². The van der Waals surface area contributed by atoms with Gasteiger partial charge in [-0.15, -0.1) is 0 Å². The van der Waals surface area contributed by atoms with E-state index in [1.807, 2.05) is 41.5 Å². The van der Waals surface area contributed by atoms with Crippen LogP contribution in [0.1, 0.15) is 141 Å². The molecular weight excluding hydrogens is 752 g/mol. The lowest BCUT2D eigenvalue weighted by Gasteiger charge is -2.51. The molecule has 2 aliphatic heterocycles. The van der Waals surface area contributed by atoms with Gasteiger partial charge in [0.1, 0.15) is 30.5 Å². The van der Waals surface area contributed by atoms with Crippen molar-refractivity contribution in [3.05, 3.63) is 11.6 Å². The number of aliphatic hydroxyl groups excluding tert-OH is 1. The molecule has 12 atom stereocenters. The molecule has 332 valence electrons. The molecule has 2 rings (SSSR count). The Hall–Kier alpha value is -3.36. The van der Waals surface area contributed by atoms with Gasteiger partial charge in [-0.3, -0.25) is 24.0 Å². The highest BCUT2D eigenvalue weighted by Gasteiger charge is 2.52. The van der Waals surface area contributed by atoms with Gasteiger partial charge in [-0.25, -0.2) is 4.79 Å². The number of aliphatic hydroxyl groups is 1. The summed E-state index contributed by atoms with van der Waals surface area (Å²) in [6.07, 6.45) is -2.91. The van der Waals surface area contributed by atoms with Gasteiger partial charge in [0.15, 0.2) is 11.6 Å². The molecule has 2 saturated heterocycles. The molecule has 0 radical (unpaired) electrons. The van der Waals surface area contributed by atoms with Crippen molar-refractivity contribution in [1.29, 1.82) is 0 Å². The van der Waals surface area contributed by atoms with Crippen LogP contribution in [-0.2, 0) is 61.9 Å². The zero-order chi connectivity index (χ0) is 44.1. The van der Waals surface area contributed by atoms with Crippen LogP contribution in [-0.4, -0.2) is 96.4 Å². The Balaban J connectivity index is 2.68. The van der Waals surface area contributed by atoms with Crippen molar-refractivity contribution in [3.63, 3.8) is 0 Å². The van der Waals surface area contributed by atoms with Crippen molar-refractivity contribution in [2.24, 2.45) is 35.5 Å². The molecular formula is C44H72O14. The van der Waals surface area contributed by atoms with Crippen LogP contribution in [0.3, 0.4) is 0 Å². The fourth-order valence-electron chi connectivity index (χ4n) is 8.11. The van der Waals surface area contributed by atoms with Gasteiger partial charge >= 0.3 is 29.8 Å². The summed E-state index contributed by atoms with van der Waals surface area (Å²) in [5, 5.41) is 10.8. The number of ether oxygens (including phenoxy) is 7. The molecule has 14 nitrogen and oxygen atoms in total. The monoisotopic (exact) mass is 824 g/mol. The average molecular weight is 825 g/mol. The van der Waals surface area contributed by atoms with Crippen molar-refractivity contribution in [2.45, 2.75) is 189 Å². The fourth-order valence-corrected chi connectivity index (χ4v) is 8.11. The molecule has 0 unspecified atom stereocenters. The highest BCUT2D eigenvalue weighted by atomic mass is 16.7. The Labute approximate surface area is 345 Å². The lowest BCUT2D eigenvalue weighted by Crippen LogP contribution is -2.57. The average Bonchev–Trinajstić information content (AvgIpc) is 3.11. The van der Waals surface area contributed by atoms with Gasteiger partial charge in [0.25, 0.3) is 0 Å². The quantitative estimate of drug-likeness (QED) is 0.0741. The molecule has 0 amide bonds. The van der Waals surface area contributed by atoms with Crippen molar-refractivity contribution < 1.29 is 67.0 Å². The first kappa shape index (κ1) is 50.8. The Bertz CT molecular complexity index is 1420. The number of esters is 5. The summed E-state index contributed by atoms with van der Waals surface area (Å²) in [4.78, 5) is 77.0. The first-order valence-electron chi connectivity index (χ1n) is 21.1. The van der Waals surface area contributed by atoms with Crippen molar-refractivity contribution >= 4 is 35.6 Å². The highest BCUT2D eigenvalue weighted by Crippen LogP contribution is 2.46. The first-order valence-corrected chi connectivity index (χ1v) is 21.1. The van der Waals surface area contributed by atoms with E-state index in [-0.39, 0.29) is 61.3 Å². The minimum atomic E-state index is -1.32. The van der Waals surface area contributed by atoms with Gasteiger partial charge in [-0.2, -0.15) is 0 Å². The number of hydrogen-bond donors (Lipinski definition) is 1. The standard InChI is InChI=1S/C44H72O14/c1-14-37(47)54-33(16-15-28(8)43(51)52-13)30(10)42(53-32(12)46)35(55-38(48)17-24(2)3)21-29(9)41(56-39(49)18-25(4)5)36-20-27(7)23-44(58-36)22-26(6)19-34(57-44)40(50)31(11)45/h15,24-27,29-30,33-36,40-42,50H,14,16-23H2,1-13H3/b28-15+/t26-,27+,29+,30+,33+,34+,35-,36+,40+,41+,42-,44+/m1/s1. The first-order chi connectivity index (χ1) is 27.0. The smallest absolute Gasteiger partial charge is 0.333 e. The minimum Gasteiger partial charge on any atom is -0.466 e. The van der Waals surface area contributed by atoms with Crippen molar-refractivity contribution in [3.8, 4) is 0 Å². The third-order valence-electron chi connectivity index (χ3n) is 10.8. The van der Waals surface area contributed by atoms with Crippen LogP contribution in [0.4, 0.5) is 0 Å². The predicted octanol–water partition coefficient (Wildman–Crippen LogP) is 6.60. The van der Waals surface area contributed by atoms with Crippen LogP contribution >= 0.6 is 0 Å². The SMILES string of the molecule is CCC(=O)O[C@@H](C/C=C(\C)C(=O)OC)[C@H](C)[C@@H](OC(C)=O)[C@@H](C[C@H](C)[C@H](OC(=O)CC(C)C)[C@@H]1C[C@H](C)C[C@]2(C[C@H](C)C[C@@H]([C@@H](O)C(C)=O)O2)O1)OC(=O)CC(C)C. The predicted molar refractivity (Wildman–Crippen MR) is 214 cm³/mol. The third kappa shape index (κ3) is 16.0. The van der Waals surface area contributed by atoms with E-state index in [1.165, 1.54) is 21.0 Å². The zero-order valence-corrected chi connectivity index (χ0v) is 37.2. The lowest BCUT2D eigenvalue weighted by molar-refractivity contribution is -0.347. The van der Waals surface area contributed by atoms with Gasteiger partial charge in [0.2, 0.25) is 0 Å². The summed E-state index contributed by atoms with van der Waals surface area (Å²) in [5.41, 5.74) is 0.286.